The van der Waals surface area contributed by atoms with Gasteiger partial charge < -0.3 is 4.74 Å². The molecule has 1 aliphatic rings. The van der Waals surface area contributed by atoms with Crippen LogP contribution in [0.2, 0.25) is 10.0 Å². The molecular formula is C14H19Cl2NO3S. The molecule has 4 nitrogen and oxygen atoms in total. The molecule has 0 N–H and O–H groups in total. The fraction of sp³-hybridized carbons (Fsp3) is 0.571. The van der Waals surface area contributed by atoms with Gasteiger partial charge in [-0.2, -0.15) is 4.31 Å². The Labute approximate surface area is 136 Å². The van der Waals surface area contributed by atoms with Crippen molar-refractivity contribution in [2.24, 2.45) is 11.8 Å². The summed E-state index contributed by atoms with van der Waals surface area (Å²) in [4.78, 5) is 0.111. The third-order valence-electron chi connectivity index (χ3n) is 3.65. The summed E-state index contributed by atoms with van der Waals surface area (Å²) in [5, 5.41) is 0.392. The second-order valence-corrected chi connectivity index (χ2v) is 8.44. The molecule has 0 bridgehead atoms. The fourth-order valence-electron chi connectivity index (χ4n) is 2.83. The number of halogens is 2. The van der Waals surface area contributed by atoms with E-state index in [1.54, 1.807) is 0 Å². The van der Waals surface area contributed by atoms with Crippen molar-refractivity contribution in [3.8, 4) is 5.75 Å². The van der Waals surface area contributed by atoms with Crippen molar-refractivity contribution in [3.63, 3.8) is 0 Å². The molecule has 1 heterocycles. The van der Waals surface area contributed by atoms with E-state index in [0.717, 1.165) is 6.42 Å². The minimum Gasteiger partial charge on any atom is -0.494 e. The predicted octanol–water partition coefficient (Wildman–Crippen LogP) is 3.67. The van der Waals surface area contributed by atoms with Crippen molar-refractivity contribution >= 4 is 33.2 Å². The van der Waals surface area contributed by atoms with Gasteiger partial charge in [-0.1, -0.05) is 37.0 Å². The van der Waals surface area contributed by atoms with E-state index in [1.165, 1.54) is 23.5 Å². The molecule has 7 heteroatoms. The number of nitrogens with zero attached hydrogens (tertiary/aromatic N) is 1. The van der Waals surface area contributed by atoms with Crippen LogP contribution in [0.25, 0.3) is 0 Å². The molecule has 0 aliphatic carbocycles. The zero-order valence-electron chi connectivity index (χ0n) is 12.3. The lowest BCUT2D eigenvalue weighted by atomic mass is 9.94. The van der Waals surface area contributed by atoms with E-state index < -0.39 is 10.0 Å². The number of benzene rings is 1. The first-order valence-corrected chi connectivity index (χ1v) is 8.98. The van der Waals surface area contributed by atoms with Crippen LogP contribution in [0.5, 0.6) is 5.75 Å². The average Bonchev–Trinajstić information content (AvgIpc) is 2.37. The molecule has 0 aromatic heterocycles. The molecule has 2 atom stereocenters. The van der Waals surface area contributed by atoms with Crippen LogP contribution in [0.4, 0.5) is 0 Å². The zero-order chi connectivity index (χ0) is 15.8. The van der Waals surface area contributed by atoms with Crippen LogP contribution in [-0.4, -0.2) is 32.9 Å². The van der Waals surface area contributed by atoms with Gasteiger partial charge in [-0.25, -0.2) is 8.42 Å². The van der Waals surface area contributed by atoms with Crippen molar-refractivity contribution in [3.05, 3.63) is 22.2 Å². The van der Waals surface area contributed by atoms with Gasteiger partial charge in [0.25, 0.3) is 0 Å². The smallest absolute Gasteiger partial charge is 0.243 e. The van der Waals surface area contributed by atoms with Crippen LogP contribution >= 0.6 is 23.2 Å². The van der Waals surface area contributed by atoms with Gasteiger partial charge in [-0.3, -0.25) is 0 Å². The van der Waals surface area contributed by atoms with Crippen LogP contribution in [0, 0.1) is 11.8 Å². The first-order valence-electron chi connectivity index (χ1n) is 6.79. The SMILES string of the molecule is COc1c(Cl)cc(S(=O)(=O)N2C[C@@H](C)C[C@H](C)C2)cc1Cl. The van der Waals surface area contributed by atoms with Gasteiger partial charge in [-0.15, -0.1) is 0 Å². The number of piperidine rings is 1. The first-order chi connectivity index (χ1) is 9.75. The normalized spacial score (nSPS) is 24.0. The van der Waals surface area contributed by atoms with Crippen LogP contribution in [0.1, 0.15) is 20.3 Å². The summed E-state index contributed by atoms with van der Waals surface area (Å²) >= 11 is 12.1. The molecule has 0 unspecified atom stereocenters. The van der Waals surface area contributed by atoms with Crippen LogP contribution < -0.4 is 4.74 Å². The van der Waals surface area contributed by atoms with Gasteiger partial charge in [0.05, 0.1) is 22.1 Å². The van der Waals surface area contributed by atoms with E-state index in [1.807, 2.05) is 0 Å². The minimum absolute atomic E-state index is 0.111. The Morgan fingerprint density at radius 3 is 2.05 bits per heavy atom. The Hall–Kier alpha value is -0.490. The molecule has 0 saturated carbocycles. The Morgan fingerprint density at radius 1 is 1.14 bits per heavy atom. The van der Waals surface area contributed by atoms with Crippen molar-refractivity contribution in [2.45, 2.75) is 25.2 Å². The molecule has 118 valence electrons. The van der Waals surface area contributed by atoms with Crippen molar-refractivity contribution in [1.82, 2.24) is 4.31 Å². The van der Waals surface area contributed by atoms with Gasteiger partial charge in [-0.05, 0) is 30.4 Å². The highest BCUT2D eigenvalue weighted by molar-refractivity contribution is 7.89. The van der Waals surface area contributed by atoms with Gasteiger partial charge in [0.15, 0.2) is 5.75 Å². The number of hydrogen-bond donors (Lipinski definition) is 0. The number of ether oxygens (including phenoxy) is 1. The second-order valence-electron chi connectivity index (χ2n) is 5.69. The molecule has 0 amide bonds. The molecule has 2 rings (SSSR count). The predicted molar refractivity (Wildman–Crippen MR) is 84.7 cm³/mol. The lowest BCUT2D eigenvalue weighted by Crippen LogP contribution is -2.42. The molecule has 1 aliphatic heterocycles. The molecule has 1 aromatic carbocycles. The number of sulfonamides is 1. The maximum absolute atomic E-state index is 12.8. The zero-order valence-corrected chi connectivity index (χ0v) is 14.6. The Morgan fingerprint density at radius 2 is 1.62 bits per heavy atom. The van der Waals surface area contributed by atoms with Crippen LogP contribution in [-0.2, 0) is 10.0 Å². The summed E-state index contributed by atoms with van der Waals surface area (Å²) in [7, 11) is -2.15. The Bertz CT molecular complexity index is 600. The molecular weight excluding hydrogens is 333 g/mol. The number of rotatable bonds is 3. The minimum atomic E-state index is -3.59. The van der Waals surface area contributed by atoms with E-state index in [9.17, 15) is 8.42 Å². The van der Waals surface area contributed by atoms with Crippen molar-refractivity contribution in [1.29, 1.82) is 0 Å². The third-order valence-corrected chi connectivity index (χ3v) is 6.02. The summed E-state index contributed by atoms with van der Waals surface area (Å²) in [6, 6.07) is 2.79. The first kappa shape index (κ1) is 16.9. The summed E-state index contributed by atoms with van der Waals surface area (Å²) in [5.74, 6) is 0.970. The lowest BCUT2D eigenvalue weighted by molar-refractivity contribution is 0.222. The molecule has 0 radical (unpaired) electrons. The molecule has 21 heavy (non-hydrogen) atoms. The van der Waals surface area contributed by atoms with Gasteiger partial charge in [0, 0.05) is 13.1 Å². The van der Waals surface area contributed by atoms with E-state index in [-0.39, 0.29) is 20.7 Å². The second kappa shape index (κ2) is 6.32. The van der Waals surface area contributed by atoms with Gasteiger partial charge in [0.2, 0.25) is 10.0 Å². The largest absolute Gasteiger partial charge is 0.494 e. The maximum Gasteiger partial charge on any atom is 0.243 e. The van der Waals surface area contributed by atoms with Gasteiger partial charge >= 0.3 is 0 Å². The molecule has 1 fully saturated rings. The summed E-state index contributed by atoms with van der Waals surface area (Å²) in [6.07, 6.45) is 1.04. The average molecular weight is 352 g/mol. The Kier molecular flexibility index (Phi) is 5.08. The Balaban J connectivity index is 2.40. The van der Waals surface area contributed by atoms with Gasteiger partial charge in [0.1, 0.15) is 0 Å². The molecule has 1 saturated heterocycles. The monoisotopic (exact) mass is 351 g/mol. The number of hydrogen-bond acceptors (Lipinski definition) is 3. The molecule has 1 aromatic rings. The van der Waals surface area contributed by atoms with E-state index in [4.69, 9.17) is 27.9 Å². The quantitative estimate of drug-likeness (QED) is 0.834. The summed E-state index contributed by atoms with van der Waals surface area (Å²) < 4.78 is 32.1. The topological polar surface area (TPSA) is 46.6 Å². The van der Waals surface area contributed by atoms with Crippen LogP contribution in [0.15, 0.2) is 17.0 Å². The molecule has 0 spiro atoms. The van der Waals surface area contributed by atoms with E-state index in [0.29, 0.717) is 24.9 Å². The van der Waals surface area contributed by atoms with Crippen LogP contribution in [0.3, 0.4) is 0 Å². The fourth-order valence-corrected chi connectivity index (χ4v) is 5.34. The highest BCUT2D eigenvalue weighted by atomic mass is 35.5. The maximum atomic E-state index is 12.8. The van der Waals surface area contributed by atoms with E-state index >= 15 is 0 Å². The summed E-state index contributed by atoms with van der Waals surface area (Å²) in [6.45, 7) is 5.17. The standard InChI is InChI=1S/C14H19Cl2NO3S/c1-9-4-10(2)8-17(7-9)21(18,19)11-5-12(15)14(20-3)13(16)6-11/h5-6,9-10H,4,7-8H2,1-3H3/t9-,10-/m0/s1. The van der Waals surface area contributed by atoms with Crippen molar-refractivity contribution in [2.75, 3.05) is 20.2 Å². The van der Waals surface area contributed by atoms with Crippen molar-refractivity contribution < 1.29 is 13.2 Å². The lowest BCUT2D eigenvalue weighted by Gasteiger charge is -2.34. The number of methoxy groups -OCH3 is 1. The third kappa shape index (κ3) is 3.47. The highest BCUT2D eigenvalue weighted by Gasteiger charge is 2.32. The van der Waals surface area contributed by atoms with E-state index in [2.05, 4.69) is 13.8 Å². The summed E-state index contributed by atoms with van der Waals surface area (Å²) in [5.41, 5.74) is 0. The highest BCUT2D eigenvalue weighted by Crippen LogP contribution is 2.36.